The van der Waals surface area contributed by atoms with E-state index >= 15 is 0 Å². The first-order valence-electron chi connectivity index (χ1n) is 9.58. The van der Waals surface area contributed by atoms with E-state index in [4.69, 9.17) is 8.73 Å². The van der Waals surface area contributed by atoms with Crippen molar-refractivity contribution in [3.63, 3.8) is 0 Å². The fourth-order valence-electron chi connectivity index (χ4n) is 3.54. The van der Waals surface area contributed by atoms with Crippen LogP contribution in [-0.2, 0) is 4.21 Å². The minimum atomic E-state index is -2.19. The third-order valence-electron chi connectivity index (χ3n) is 4.24. The average molecular weight is 427 g/mol. The lowest BCUT2D eigenvalue weighted by molar-refractivity contribution is 0.608. The Balaban J connectivity index is 2.40. The van der Waals surface area contributed by atoms with Crippen molar-refractivity contribution < 1.29 is 4.21 Å². The lowest BCUT2D eigenvalue weighted by Crippen LogP contribution is -2.27. The Hall–Kier alpha value is -1.50. The van der Waals surface area contributed by atoms with Crippen LogP contribution in [0.15, 0.2) is 95.5 Å². The minimum absolute atomic E-state index is 1.28. The molecule has 5 heteroatoms. The van der Waals surface area contributed by atoms with Crippen LogP contribution in [0.3, 0.4) is 0 Å². The standard InChI is InChI=1S/C23H30NOP2Si/c1-26(2,25-28(3,4)5)24-27(21-15-9-6-10-16-21,22-17-11-7-12-18-22)23-19-13-8-14-20-23/h6-20H,1-5H3/q+1. The molecule has 0 saturated carbocycles. The summed E-state index contributed by atoms with van der Waals surface area (Å²) in [5, 5.41) is 3.83. The molecule has 0 amide bonds. The summed E-state index contributed by atoms with van der Waals surface area (Å²) < 4.78 is 12.3. The molecule has 0 aromatic heterocycles. The summed E-state index contributed by atoms with van der Waals surface area (Å²) in [5.74, 6) is 0. The number of benzene rings is 3. The molecule has 0 heterocycles. The van der Waals surface area contributed by atoms with Crippen molar-refractivity contribution in [1.82, 2.24) is 0 Å². The predicted octanol–water partition coefficient (Wildman–Crippen LogP) is 6.12. The Labute approximate surface area is 171 Å². The third kappa shape index (κ3) is 4.91. The summed E-state index contributed by atoms with van der Waals surface area (Å²) in [5.41, 5.74) is 0. The van der Waals surface area contributed by atoms with Crippen LogP contribution in [0.2, 0.25) is 19.6 Å². The van der Waals surface area contributed by atoms with Crippen molar-refractivity contribution in [3.8, 4) is 0 Å². The molecule has 0 fully saturated rings. The van der Waals surface area contributed by atoms with Gasteiger partial charge in [0.05, 0.1) is 13.3 Å². The number of hydrogen-bond donors (Lipinski definition) is 0. The molecule has 0 atom stereocenters. The van der Waals surface area contributed by atoms with E-state index < -0.39 is 23.0 Å². The molecule has 28 heavy (non-hydrogen) atoms. The van der Waals surface area contributed by atoms with Crippen LogP contribution < -0.4 is 15.9 Å². The van der Waals surface area contributed by atoms with Gasteiger partial charge in [-0.05, 0) is 19.6 Å². The van der Waals surface area contributed by atoms with Crippen LogP contribution in [0.5, 0.6) is 0 Å². The summed E-state index contributed by atoms with van der Waals surface area (Å²) in [4.78, 5) is 0. The third-order valence-corrected chi connectivity index (χ3v) is 14.1. The monoisotopic (exact) mass is 426 g/mol. The van der Waals surface area contributed by atoms with Gasteiger partial charge in [-0.2, -0.15) is 0 Å². The quantitative estimate of drug-likeness (QED) is 0.344. The first-order valence-corrected chi connectivity index (χ1v) is 17.3. The summed E-state index contributed by atoms with van der Waals surface area (Å²) in [7, 11) is -5.86. The zero-order chi connectivity index (χ0) is 20.3. The Bertz CT molecular complexity index is 849. The first kappa shape index (κ1) is 21.2. The van der Waals surface area contributed by atoms with Gasteiger partial charge in [0.1, 0.15) is 7.05 Å². The van der Waals surface area contributed by atoms with E-state index in [2.05, 4.69) is 124 Å². The van der Waals surface area contributed by atoms with Crippen LogP contribution in [0.4, 0.5) is 0 Å². The molecule has 0 aliphatic heterocycles. The van der Waals surface area contributed by atoms with Gasteiger partial charge in [0.2, 0.25) is 16.0 Å². The first-order chi connectivity index (χ1) is 13.2. The van der Waals surface area contributed by atoms with Gasteiger partial charge in [-0.3, -0.25) is 4.21 Å². The highest BCUT2D eigenvalue weighted by molar-refractivity contribution is 7.92. The van der Waals surface area contributed by atoms with E-state index in [0.717, 1.165) is 0 Å². The highest BCUT2D eigenvalue weighted by Crippen LogP contribution is 2.65. The van der Waals surface area contributed by atoms with E-state index in [1.165, 1.54) is 15.9 Å². The molecule has 3 rings (SSSR count). The van der Waals surface area contributed by atoms with Gasteiger partial charge < -0.3 is 0 Å². The highest BCUT2D eigenvalue weighted by Gasteiger charge is 2.40. The minimum Gasteiger partial charge on any atom is -0.260 e. The molecule has 2 nitrogen and oxygen atoms in total. The molecule has 0 aliphatic carbocycles. The van der Waals surface area contributed by atoms with Crippen LogP contribution >= 0.6 is 14.7 Å². The predicted molar refractivity (Wildman–Crippen MR) is 131 cm³/mol. The fraction of sp³-hybridized carbons (Fsp3) is 0.217. The van der Waals surface area contributed by atoms with E-state index in [9.17, 15) is 0 Å². The number of nitrogens with zero attached hydrogens (tertiary/aromatic N) is 1. The van der Waals surface area contributed by atoms with Gasteiger partial charge in [0.15, 0.2) is 0 Å². The smallest absolute Gasteiger partial charge is 0.245 e. The molecule has 0 spiro atoms. The van der Waals surface area contributed by atoms with E-state index in [-0.39, 0.29) is 0 Å². The van der Waals surface area contributed by atoms with Gasteiger partial charge in [0.25, 0.3) is 0 Å². The molecule has 146 valence electrons. The molecule has 0 bridgehead atoms. The Kier molecular flexibility index (Phi) is 6.42. The van der Waals surface area contributed by atoms with Gasteiger partial charge in [-0.15, -0.1) is 4.52 Å². The van der Waals surface area contributed by atoms with Crippen molar-refractivity contribution in [2.24, 2.45) is 4.52 Å². The van der Waals surface area contributed by atoms with Crippen LogP contribution in [0.1, 0.15) is 0 Å². The van der Waals surface area contributed by atoms with Crippen molar-refractivity contribution in [1.29, 1.82) is 0 Å². The molecule has 3 aromatic rings. The average Bonchev–Trinajstić information content (AvgIpc) is 2.66. The summed E-state index contributed by atoms with van der Waals surface area (Å²) in [6.45, 7) is 11.2. The van der Waals surface area contributed by atoms with Crippen LogP contribution in [-0.4, -0.2) is 21.6 Å². The van der Waals surface area contributed by atoms with E-state index in [1.54, 1.807) is 0 Å². The Morgan fingerprint density at radius 1 is 0.643 bits per heavy atom. The Morgan fingerprint density at radius 2 is 0.964 bits per heavy atom. The lowest BCUT2D eigenvalue weighted by Gasteiger charge is -2.29. The Morgan fingerprint density at radius 3 is 1.25 bits per heavy atom. The van der Waals surface area contributed by atoms with Crippen LogP contribution in [0.25, 0.3) is 0 Å². The van der Waals surface area contributed by atoms with Gasteiger partial charge in [-0.1, -0.05) is 91.0 Å². The summed E-state index contributed by atoms with van der Waals surface area (Å²) in [6, 6.07) is 32.3. The van der Waals surface area contributed by atoms with Crippen LogP contribution in [0, 0.1) is 0 Å². The SMILES string of the molecule is C[Si](C)(C)O[P+](C)(C)N=P(c1ccccc1)(c1ccccc1)c1ccccc1. The largest absolute Gasteiger partial charge is 0.260 e. The highest BCUT2D eigenvalue weighted by atomic mass is 31.2. The zero-order valence-electron chi connectivity index (χ0n) is 17.4. The molecule has 0 unspecified atom stereocenters. The summed E-state index contributed by atoms with van der Waals surface area (Å²) in [6.07, 6.45) is 0. The van der Waals surface area contributed by atoms with Crippen molar-refractivity contribution in [2.75, 3.05) is 13.3 Å². The van der Waals surface area contributed by atoms with E-state index in [1.807, 2.05) is 0 Å². The maximum Gasteiger partial charge on any atom is 0.245 e. The van der Waals surface area contributed by atoms with E-state index in [0.29, 0.717) is 0 Å². The topological polar surface area (TPSA) is 21.6 Å². The maximum atomic E-state index is 6.66. The maximum absolute atomic E-state index is 6.66. The van der Waals surface area contributed by atoms with Crippen molar-refractivity contribution >= 4 is 38.9 Å². The van der Waals surface area contributed by atoms with Gasteiger partial charge >= 0.3 is 0 Å². The number of rotatable bonds is 6. The second-order valence-corrected chi connectivity index (χ2v) is 19.3. The number of hydrogen-bond acceptors (Lipinski definition) is 2. The normalized spacial score (nSPS) is 12.6. The zero-order valence-corrected chi connectivity index (χ0v) is 20.2. The molecular formula is C23H30NOP2Si+. The lowest BCUT2D eigenvalue weighted by atomic mass is 10.4. The second kappa shape index (κ2) is 8.47. The van der Waals surface area contributed by atoms with Gasteiger partial charge in [0, 0.05) is 15.9 Å². The van der Waals surface area contributed by atoms with Gasteiger partial charge in [-0.25, -0.2) is 0 Å². The summed E-state index contributed by atoms with van der Waals surface area (Å²) >= 11 is 0. The fourth-order valence-corrected chi connectivity index (χ4v) is 15.9. The molecule has 3 aromatic carbocycles. The molecule has 0 saturated heterocycles. The molecule has 0 aliphatic rings. The molecule has 0 radical (unpaired) electrons. The van der Waals surface area contributed by atoms with Crippen molar-refractivity contribution in [3.05, 3.63) is 91.0 Å². The molecule has 0 N–H and O–H groups in total. The second-order valence-electron chi connectivity index (χ2n) is 8.23. The molecular weight excluding hydrogens is 396 g/mol. The van der Waals surface area contributed by atoms with Crippen molar-refractivity contribution in [2.45, 2.75) is 19.6 Å².